The Hall–Kier alpha value is -2.99. The van der Waals surface area contributed by atoms with Gasteiger partial charge in [0, 0.05) is 60.6 Å². The van der Waals surface area contributed by atoms with Crippen molar-refractivity contribution in [3.63, 3.8) is 0 Å². The second-order valence-corrected chi connectivity index (χ2v) is 10.4. The predicted molar refractivity (Wildman–Crippen MR) is 127 cm³/mol. The molecule has 3 fully saturated rings. The SMILES string of the molecule is COc1ncccc1C1(N2CC3(CN(C4CCN(C)CC4)C3)C2)C(=O)Nc2ccc(C#N)cc21. The third kappa shape index (κ3) is 3.01. The Balaban J connectivity index is 1.33. The van der Waals surface area contributed by atoms with Crippen LogP contribution in [0, 0.1) is 16.7 Å². The summed E-state index contributed by atoms with van der Waals surface area (Å²) in [4.78, 5) is 25.5. The quantitative estimate of drug-likeness (QED) is 0.749. The molecule has 1 unspecified atom stereocenters. The number of nitrogens with zero attached hydrogens (tertiary/aromatic N) is 5. The zero-order chi connectivity index (χ0) is 23.5. The average Bonchev–Trinajstić information content (AvgIpc) is 3.09. The summed E-state index contributed by atoms with van der Waals surface area (Å²) in [5.41, 5.74) is 1.99. The first-order chi connectivity index (χ1) is 16.5. The number of rotatable bonds is 4. The van der Waals surface area contributed by atoms with Gasteiger partial charge in [-0.05, 0) is 63.3 Å². The van der Waals surface area contributed by atoms with Crippen LogP contribution < -0.4 is 10.1 Å². The molecule has 8 nitrogen and oxygen atoms in total. The number of nitrogens with one attached hydrogen (secondary N) is 1. The zero-order valence-corrected chi connectivity index (χ0v) is 19.8. The Bertz CT molecular complexity index is 1170. The van der Waals surface area contributed by atoms with E-state index in [0.29, 0.717) is 17.5 Å². The summed E-state index contributed by atoms with van der Waals surface area (Å²) in [6.07, 6.45) is 4.15. The number of methoxy groups -OCH3 is 1. The molecule has 1 atom stereocenters. The van der Waals surface area contributed by atoms with E-state index < -0.39 is 5.54 Å². The maximum atomic E-state index is 13.8. The van der Waals surface area contributed by atoms with Crippen molar-refractivity contribution < 1.29 is 9.53 Å². The number of amides is 1. The van der Waals surface area contributed by atoms with Crippen LogP contribution in [0.4, 0.5) is 5.69 Å². The molecule has 0 radical (unpaired) electrons. The lowest BCUT2D eigenvalue weighted by molar-refractivity contribution is -0.169. The summed E-state index contributed by atoms with van der Waals surface area (Å²) in [5.74, 6) is 0.334. The van der Waals surface area contributed by atoms with E-state index >= 15 is 0 Å². The van der Waals surface area contributed by atoms with Crippen molar-refractivity contribution in [2.45, 2.75) is 24.4 Å². The third-order valence-corrected chi connectivity index (χ3v) is 8.28. The first-order valence-corrected chi connectivity index (χ1v) is 12.0. The predicted octanol–water partition coefficient (Wildman–Crippen LogP) is 1.87. The van der Waals surface area contributed by atoms with Crippen molar-refractivity contribution in [2.75, 3.05) is 58.7 Å². The number of ether oxygens (including phenoxy) is 1. The maximum absolute atomic E-state index is 13.8. The number of pyridine rings is 1. The maximum Gasteiger partial charge on any atom is 0.254 e. The molecule has 3 saturated heterocycles. The van der Waals surface area contributed by atoms with E-state index in [1.807, 2.05) is 24.3 Å². The first-order valence-electron chi connectivity index (χ1n) is 12.0. The number of aromatic nitrogens is 1. The van der Waals surface area contributed by atoms with E-state index in [4.69, 9.17) is 4.74 Å². The molecule has 2 aromatic rings. The minimum absolute atomic E-state index is 0.106. The lowest BCUT2D eigenvalue weighted by atomic mass is 9.67. The molecular formula is C26H30N6O2. The number of fused-ring (bicyclic) bond motifs is 1. The van der Waals surface area contributed by atoms with E-state index in [0.717, 1.165) is 43.0 Å². The zero-order valence-electron chi connectivity index (χ0n) is 19.8. The summed E-state index contributed by atoms with van der Waals surface area (Å²) in [7, 11) is 3.79. The fourth-order valence-electron chi connectivity index (χ4n) is 6.57. The number of nitriles is 1. The number of benzene rings is 1. The van der Waals surface area contributed by atoms with Crippen molar-refractivity contribution in [1.82, 2.24) is 19.7 Å². The van der Waals surface area contributed by atoms with Gasteiger partial charge in [0.15, 0.2) is 5.54 Å². The molecule has 34 heavy (non-hydrogen) atoms. The normalized spacial score (nSPS) is 26.9. The molecule has 1 spiro atoms. The van der Waals surface area contributed by atoms with Gasteiger partial charge >= 0.3 is 0 Å². The monoisotopic (exact) mass is 458 g/mol. The fraction of sp³-hybridized carbons (Fsp3) is 0.500. The highest BCUT2D eigenvalue weighted by molar-refractivity contribution is 6.09. The second kappa shape index (κ2) is 7.77. The molecule has 1 amide bonds. The molecule has 0 bridgehead atoms. The lowest BCUT2D eigenvalue weighted by Crippen LogP contribution is -2.77. The summed E-state index contributed by atoms with van der Waals surface area (Å²) in [5, 5.41) is 12.6. The van der Waals surface area contributed by atoms with Crippen LogP contribution in [0.3, 0.4) is 0 Å². The van der Waals surface area contributed by atoms with Gasteiger partial charge in [-0.25, -0.2) is 4.98 Å². The average molecular weight is 459 g/mol. The lowest BCUT2D eigenvalue weighted by Gasteiger charge is -2.65. The molecule has 0 saturated carbocycles. The summed E-state index contributed by atoms with van der Waals surface area (Å²) >= 11 is 0. The van der Waals surface area contributed by atoms with Crippen LogP contribution in [0.5, 0.6) is 5.88 Å². The number of hydrogen-bond acceptors (Lipinski definition) is 7. The second-order valence-electron chi connectivity index (χ2n) is 10.4. The molecule has 1 N–H and O–H groups in total. The van der Waals surface area contributed by atoms with Crippen molar-refractivity contribution in [3.8, 4) is 11.9 Å². The van der Waals surface area contributed by atoms with Crippen LogP contribution >= 0.6 is 0 Å². The number of hydrogen-bond donors (Lipinski definition) is 1. The topological polar surface area (TPSA) is 84.7 Å². The number of anilines is 1. The highest BCUT2D eigenvalue weighted by atomic mass is 16.5. The van der Waals surface area contributed by atoms with E-state index in [2.05, 4.69) is 38.1 Å². The van der Waals surface area contributed by atoms with Crippen LogP contribution in [0.15, 0.2) is 36.5 Å². The van der Waals surface area contributed by atoms with Gasteiger partial charge < -0.3 is 15.0 Å². The van der Waals surface area contributed by atoms with Crippen molar-refractivity contribution >= 4 is 11.6 Å². The molecule has 4 aliphatic rings. The number of carbonyl (C=O) groups is 1. The smallest absolute Gasteiger partial charge is 0.254 e. The highest BCUT2D eigenvalue weighted by Gasteiger charge is 2.63. The van der Waals surface area contributed by atoms with Crippen molar-refractivity contribution in [2.24, 2.45) is 5.41 Å². The molecular weight excluding hydrogens is 428 g/mol. The molecule has 5 heterocycles. The van der Waals surface area contributed by atoms with E-state index in [9.17, 15) is 10.1 Å². The van der Waals surface area contributed by atoms with Gasteiger partial charge in [0.05, 0.1) is 18.7 Å². The summed E-state index contributed by atoms with van der Waals surface area (Å²) in [6.45, 7) is 6.18. The molecule has 8 heteroatoms. The van der Waals surface area contributed by atoms with Crippen LogP contribution in [-0.2, 0) is 10.3 Å². The van der Waals surface area contributed by atoms with Gasteiger partial charge in [-0.2, -0.15) is 5.26 Å². The standard InChI is InChI=1S/C26H30N6O2/c1-30-10-7-19(8-11-30)31-14-25(15-31)16-32(17-25)26(20-4-3-9-28-23(20)34-2)21-12-18(13-27)5-6-22(21)29-24(26)33/h3-6,9,12,19H,7-8,10-11,14-17H2,1-2H3,(H,29,33). The van der Waals surface area contributed by atoms with Gasteiger partial charge in [0.25, 0.3) is 5.91 Å². The molecule has 1 aromatic carbocycles. The Morgan fingerprint density at radius 1 is 1.15 bits per heavy atom. The van der Waals surface area contributed by atoms with E-state index in [-0.39, 0.29) is 11.3 Å². The van der Waals surface area contributed by atoms with Crippen LogP contribution in [-0.4, -0.2) is 85.1 Å². The number of carbonyl (C=O) groups excluding carboxylic acids is 1. The van der Waals surface area contributed by atoms with Crippen molar-refractivity contribution in [3.05, 3.63) is 53.2 Å². The minimum Gasteiger partial charge on any atom is -0.481 e. The van der Waals surface area contributed by atoms with E-state index in [1.165, 1.54) is 25.9 Å². The molecule has 4 aliphatic heterocycles. The Kier molecular flexibility index (Phi) is 4.92. The van der Waals surface area contributed by atoms with Crippen LogP contribution in [0.1, 0.15) is 29.5 Å². The minimum atomic E-state index is -1.05. The van der Waals surface area contributed by atoms with Gasteiger partial charge in [0.1, 0.15) is 0 Å². The first kappa shape index (κ1) is 21.5. The summed E-state index contributed by atoms with van der Waals surface area (Å²) in [6, 6.07) is 12.1. The largest absolute Gasteiger partial charge is 0.481 e. The van der Waals surface area contributed by atoms with E-state index in [1.54, 1.807) is 19.4 Å². The summed E-state index contributed by atoms with van der Waals surface area (Å²) < 4.78 is 5.62. The van der Waals surface area contributed by atoms with Crippen molar-refractivity contribution in [1.29, 1.82) is 5.26 Å². The molecule has 1 aromatic heterocycles. The molecule has 176 valence electrons. The van der Waals surface area contributed by atoms with Gasteiger partial charge in [-0.1, -0.05) is 0 Å². The molecule has 0 aliphatic carbocycles. The molecule has 6 rings (SSSR count). The Morgan fingerprint density at radius 2 is 1.91 bits per heavy atom. The Morgan fingerprint density at radius 3 is 2.62 bits per heavy atom. The van der Waals surface area contributed by atoms with Gasteiger partial charge in [0.2, 0.25) is 5.88 Å². The Labute approximate surface area is 200 Å². The van der Waals surface area contributed by atoms with Gasteiger partial charge in [-0.3, -0.25) is 14.6 Å². The van der Waals surface area contributed by atoms with Crippen LogP contribution in [0.25, 0.3) is 0 Å². The van der Waals surface area contributed by atoms with Crippen LogP contribution in [0.2, 0.25) is 0 Å². The number of piperidine rings is 1. The highest BCUT2D eigenvalue weighted by Crippen LogP contribution is 2.54. The van der Waals surface area contributed by atoms with Gasteiger partial charge in [-0.15, -0.1) is 0 Å². The third-order valence-electron chi connectivity index (χ3n) is 8.28. The fourth-order valence-corrected chi connectivity index (χ4v) is 6.57. The number of likely N-dealkylation sites (tertiary alicyclic amines) is 3.